The lowest BCUT2D eigenvalue weighted by atomic mass is 10.2. The maximum Gasteiger partial charge on any atom is 0.253 e. The van der Waals surface area contributed by atoms with E-state index >= 15 is 0 Å². The van der Waals surface area contributed by atoms with Gasteiger partial charge in [-0.1, -0.05) is 11.6 Å². The molecule has 0 N–H and O–H groups in total. The molecule has 0 spiro atoms. The zero-order valence-electron chi connectivity index (χ0n) is 8.98. The molecule has 0 fully saturated rings. The van der Waals surface area contributed by atoms with Crippen LogP contribution >= 0.6 is 11.6 Å². The Labute approximate surface area is 103 Å². The molecule has 0 unspecified atom stereocenters. The van der Waals surface area contributed by atoms with Gasteiger partial charge in [0.2, 0.25) is 5.89 Å². The fraction of sp³-hybridized carbons (Fsp3) is 0.182. The van der Waals surface area contributed by atoms with Gasteiger partial charge in [-0.25, -0.2) is 0 Å². The van der Waals surface area contributed by atoms with Crippen molar-refractivity contribution in [2.45, 2.75) is 13.5 Å². The summed E-state index contributed by atoms with van der Waals surface area (Å²) in [6.45, 7) is 1.84. The Kier molecular flexibility index (Phi) is 3.26. The predicted octanol–water partition coefficient (Wildman–Crippen LogP) is 2.48. The van der Waals surface area contributed by atoms with E-state index in [0.717, 1.165) is 0 Å². The van der Waals surface area contributed by atoms with Gasteiger partial charge in [0.1, 0.15) is 5.75 Å². The molecule has 0 saturated carbocycles. The number of nitrogens with zero attached hydrogens (tertiary/aromatic N) is 3. The molecule has 0 amide bonds. The summed E-state index contributed by atoms with van der Waals surface area (Å²) in [5.74, 6) is 1.33. The van der Waals surface area contributed by atoms with Crippen LogP contribution in [-0.2, 0) is 6.61 Å². The van der Waals surface area contributed by atoms with Gasteiger partial charge in [0.15, 0.2) is 6.61 Å². The van der Waals surface area contributed by atoms with E-state index in [4.69, 9.17) is 26.0 Å². The standard InChI is InChI=1S/C11H8ClN3O2/c1-7-14-15-11(17-7)6-16-10-3-2-8(5-13)4-9(10)12/h2-4H,6H2,1H3. The van der Waals surface area contributed by atoms with Gasteiger partial charge >= 0.3 is 0 Å². The lowest BCUT2D eigenvalue weighted by Gasteiger charge is -2.05. The number of halogens is 1. The van der Waals surface area contributed by atoms with E-state index in [-0.39, 0.29) is 6.61 Å². The summed E-state index contributed by atoms with van der Waals surface area (Å²) in [5, 5.41) is 16.5. The summed E-state index contributed by atoms with van der Waals surface area (Å²) in [5.41, 5.74) is 0.482. The van der Waals surface area contributed by atoms with E-state index < -0.39 is 0 Å². The summed E-state index contributed by atoms with van der Waals surface area (Å²) in [6, 6.07) is 6.78. The predicted molar refractivity (Wildman–Crippen MR) is 59.5 cm³/mol. The van der Waals surface area contributed by atoms with Gasteiger partial charge in [-0.3, -0.25) is 0 Å². The average Bonchev–Trinajstić information content (AvgIpc) is 2.73. The third-order valence-electron chi connectivity index (χ3n) is 1.98. The van der Waals surface area contributed by atoms with Gasteiger partial charge < -0.3 is 9.15 Å². The van der Waals surface area contributed by atoms with Crippen molar-refractivity contribution in [1.82, 2.24) is 10.2 Å². The number of rotatable bonds is 3. The minimum Gasteiger partial charge on any atom is -0.482 e. The highest BCUT2D eigenvalue weighted by Crippen LogP contribution is 2.25. The first kappa shape index (κ1) is 11.4. The van der Waals surface area contributed by atoms with Crippen molar-refractivity contribution < 1.29 is 9.15 Å². The molecule has 0 radical (unpaired) electrons. The molecule has 17 heavy (non-hydrogen) atoms. The molecular formula is C11H8ClN3O2. The average molecular weight is 250 g/mol. The maximum absolute atomic E-state index is 8.68. The van der Waals surface area contributed by atoms with Crippen LogP contribution in [0.5, 0.6) is 5.75 Å². The first-order valence-corrected chi connectivity index (χ1v) is 5.18. The number of aryl methyl sites for hydroxylation is 1. The third kappa shape index (κ3) is 2.74. The first-order chi connectivity index (χ1) is 8.19. The molecule has 0 atom stereocenters. The van der Waals surface area contributed by atoms with Gasteiger partial charge in [-0.05, 0) is 18.2 Å². The molecule has 2 rings (SSSR count). The summed E-state index contributed by atoms with van der Waals surface area (Å²) in [6.07, 6.45) is 0. The molecule has 1 aromatic carbocycles. The highest BCUT2D eigenvalue weighted by Gasteiger charge is 2.06. The van der Waals surface area contributed by atoms with Crippen LogP contribution in [0.4, 0.5) is 0 Å². The molecule has 2 aromatic rings. The van der Waals surface area contributed by atoms with Gasteiger partial charge in [0, 0.05) is 6.92 Å². The van der Waals surface area contributed by atoms with Crippen LogP contribution in [0.15, 0.2) is 22.6 Å². The van der Waals surface area contributed by atoms with Gasteiger partial charge in [0.25, 0.3) is 5.89 Å². The van der Waals surface area contributed by atoms with Crippen molar-refractivity contribution in [2.24, 2.45) is 0 Å². The number of nitriles is 1. The van der Waals surface area contributed by atoms with E-state index in [2.05, 4.69) is 10.2 Å². The fourth-order valence-corrected chi connectivity index (χ4v) is 1.46. The largest absolute Gasteiger partial charge is 0.482 e. The van der Waals surface area contributed by atoms with Crippen molar-refractivity contribution in [3.63, 3.8) is 0 Å². The number of ether oxygens (including phenoxy) is 1. The van der Waals surface area contributed by atoms with Crippen LogP contribution in [0, 0.1) is 18.3 Å². The quantitative estimate of drug-likeness (QED) is 0.836. The van der Waals surface area contributed by atoms with E-state index in [0.29, 0.717) is 28.1 Å². The van der Waals surface area contributed by atoms with Crippen LogP contribution in [0.25, 0.3) is 0 Å². The number of aromatic nitrogens is 2. The SMILES string of the molecule is Cc1nnc(COc2ccc(C#N)cc2Cl)o1. The Morgan fingerprint density at radius 3 is 2.88 bits per heavy atom. The maximum atomic E-state index is 8.68. The van der Waals surface area contributed by atoms with Crippen molar-refractivity contribution in [2.75, 3.05) is 0 Å². The highest BCUT2D eigenvalue weighted by molar-refractivity contribution is 6.32. The fourth-order valence-electron chi connectivity index (χ4n) is 1.22. The summed E-state index contributed by atoms with van der Waals surface area (Å²) in [7, 11) is 0. The molecule has 1 heterocycles. The van der Waals surface area contributed by atoms with Crippen LogP contribution in [0.2, 0.25) is 5.02 Å². The molecule has 0 aliphatic rings. The summed E-state index contributed by atoms with van der Waals surface area (Å²) >= 11 is 5.94. The van der Waals surface area contributed by atoms with E-state index in [9.17, 15) is 0 Å². The normalized spacial score (nSPS) is 9.94. The number of benzene rings is 1. The van der Waals surface area contributed by atoms with Crippen LogP contribution < -0.4 is 4.74 Å². The van der Waals surface area contributed by atoms with Gasteiger partial charge in [0.05, 0.1) is 16.7 Å². The van der Waals surface area contributed by atoms with Gasteiger partial charge in [-0.15, -0.1) is 10.2 Å². The second kappa shape index (κ2) is 4.85. The Bertz CT molecular complexity index is 574. The minimum absolute atomic E-state index is 0.145. The van der Waals surface area contributed by atoms with E-state index in [1.807, 2.05) is 6.07 Å². The summed E-state index contributed by atoms with van der Waals surface area (Å²) in [4.78, 5) is 0. The zero-order valence-corrected chi connectivity index (χ0v) is 9.73. The number of hydrogen-bond donors (Lipinski definition) is 0. The molecule has 86 valence electrons. The molecule has 0 aliphatic carbocycles. The monoisotopic (exact) mass is 249 g/mol. The Morgan fingerprint density at radius 2 is 2.29 bits per heavy atom. The zero-order chi connectivity index (χ0) is 12.3. The molecule has 6 heteroatoms. The molecule has 1 aromatic heterocycles. The molecule has 0 bridgehead atoms. The van der Waals surface area contributed by atoms with Crippen LogP contribution in [0.3, 0.4) is 0 Å². The van der Waals surface area contributed by atoms with E-state index in [1.165, 1.54) is 6.07 Å². The lowest BCUT2D eigenvalue weighted by molar-refractivity contribution is 0.260. The lowest BCUT2D eigenvalue weighted by Crippen LogP contribution is -1.96. The number of hydrogen-bond acceptors (Lipinski definition) is 5. The van der Waals surface area contributed by atoms with E-state index in [1.54, 1.807) is 19.1 Å². The first-order valence-electron chi connectivity index (χ1n) is 4.80. The summed E-state index contributed by atoms with van der Waals surface area (Å²) < 4.78 is 10.5. The Hall–Kier alpha value is -2.06. The van der Waals surface area contributed by atoms with Crippen LogP contribution in [0.1, 0.15) is 17.3 Å². The third-order valence-corrected chi connectivity index (χ3v) is 2.28. The van der Waals surface area contributed by atoms with Crippen molar-refractivity contribution >= 4 is 11.6 Å². The smallest absolute Gasteiger partial charge is 0.253 e. The molecule has 5 nitrogen and oxygen atoms in total. The Morgan fingerprint density at radius 1 is 1.47 bits per heavy atom. The topological polar surface area (TPSA) is 71.9 Å². The van der Waals surface area contributed by atoms with Crippen LogP contribution in [-0.4, -0.2) is 10.2 Å². The van der Waals surface area contributed by atoms with Crippen molar-refractivity contribution in [3.8, 4) is 11.8 Å². The second-order valence-electron chi connectivity index (χ2n) is 3.26. The molecular weight excluding hydrogens is 242 g/mol. The minimum atomic E-state index is 0.145. The molecule has 0 saturated heterocycles. The van der Waals surface area contributed by atoms with Crippen molar-refractivity contribution in [1.29, 1.82) is 5.26 Å². The molecule has 0 aliphatic heterocycles. The second-order valence-corrected chi connectivity index (χ2v) is 3.67. The highest BCUT2D eigenvalue weighted by atomic mass is 35.5. The van der Waals surface area contributed by atoms with Gasteiger partial charge in [-0.2, -0.15) is 5.26 Å². The Balaban J connectivity index is 2.07. The van der Waals surface area contributed by atoms with Crippen molar-refractivity contribution in [3.05, 3.63) is 40.6 Å².